The Bertz CT molecular complexity index is 1290. The molecule has 1 saturated heterocycles. The number of sulfonamides is 1. The number of pyridine rings is 2. The molecule has 2 amide bonds. The lowest BCUT2D eigenvalue weighted by molar-refractivity contribution is -0.131. The quantitative estimate of drug-likeness (QED) is 0.389. The summed E-state index contributed by atoms with van der Waals surface area (Å²) in [6, 6.07) is 14.6. The van der Waals surface area contributed by atoms with Gasteiger partial charge in [0, 0.05) is 37.9 Å². The predicted octanol–water partition coefficient (Wildman–Crippen LogP) is 2.59. The molecule has 1 aliphatic heterocycles. The van der Waals surface area contributed by atoms with Gasteiger partial charge in [0.25, 0.3) is 0 Å². The van der Waals surface area contributed by atoms with E-state index in [1.165, 1.54) is 4.31 Å². The molecule has 2 unspecified atom stereocenters. The Labute approximate surface area is 223 Å². The van der Waals surface area contributed by atoms with Gasteiger partial charge in [0.15, 0.2) is 0 Å². The number of hydrogen-bond acceptors (Lipinski definition) is 6. The van der Waals surface area contributed by atoms with Crippen LogP contribution >= 0.6 is 0 Å². The first-order valence-electron chi connectivity index (χ1n) is 12.8. The van der Waals surface area contributed by atoms with Gasteiger partial charge in [0.1, 0.15) is 12.1 Å². The van der Waals surface area contributed by atoms with Crippen molar-refractivity contribution in [3.63, 3.8) is 0 Å². The van der Waals surface area contributed by atoms with Crippen LogP contribution in [0.4, 0.5) is 0 Å². The van der Waals surface area contributed by atoms with Crippen LogP contribution in [0.5, 0.6) is 0 Å². The second-order valence-electron chi connectivity index (χ2n) is 9.40. The van der Waals surface area contributed by atoms with Crippen molar-refractivity contribution < 1.29 is 18.0 Å². The topological polar surface area (TPSA) is 121 Å². The van der Waals surface area contributed by atoms with Gasteiger partial charge < -0.3 is 10.6 Å². The third kappa shape index (κ3) is 7.69. The zero-order chi connectivity index (χ0) is 26.8. The van der Waals surface area contributed by atoms with Crippen LogP contribution in [0.15, 0.2) is 79.4 Å². The lowest BCUT2D eigenvalue weighted by Gasteiger charge is -2.34. The first kappa shape index (κ1) is 27.4. The third-order valence-corrected chi connectivity index (χ3v) is 8.42. The molecule has 3 heterocycles. The van der Waals surface area contributed by atoms with Crippen LogP contribution in [0, 0.1) is 0 Å². The maximum atomic E-state index is 13.5. The van der Waals surface area contributed by atoms with Crippen LogP contribution in [0.3, 0.4) is 0 Å². The normalized spacial score (nSPS) is 16.9. The molecule has 0 spiro atoms. The number of rotatable bonds is 11. The average molecular weight is 536 g/mol. The van der Waals surface area contributed by atoms with Crippen LogP contribution in [0.25, 0.3) is 0 Å². The summed E-state index contributed by atoms with van der Waals surface area (Å²) in [5.41, 5.74) is 2.45. The van der Waals surface area contributed by atoms with E-state index in [4.69, 9.17) is 0 Å². The molecule has 1 aromatic carbocycles. The first-order valence-corrected chi connectivity index (χ1v) is 14.4. The Morgan fingerprint density at radius 2 is 1.61 bits per heavy atom. The summed E-state index contributed by atoms with van der Waals surface area (Å²) in [6.45, 7) is 0.549. The molecule has 4 rings (SSSR count). The highest BCUT2D eigenvalue weighted by Crippen LogP contribution is 2.23. The SMILES string of the molecule is O=C(NCc1cccnc1)C(CCc1cccnc1)NC(=O)C1CCCCN1S(=O)(=O)Cc1ccccc1. The monoisotopic (exact) mass is 535 g/mol. The fourth-order valence-corrected chi connectivity index (χ4v) is 6.35. The molecule has 1 aliphatic rings. The van der Waals surface area contributed by atoms with E-state index in [0.29, 0.717) is 31.2 Å². The number of nitrogens with one attached hydrogen (secondary N) is 2. The summed E-state index contributed by atoms with van der Waals surface area (Å²) in [5.74, 6) is -0.956. The van der Waals surface area contributed by atoms with E-state index in [9.17, 15) is 18.0 Å². The van der Waals surface area contributed by atoms with E-state index in [1.54, 1.807) is 55.1 Å². The van der Waals surface area contributed by atoms with Gasteiger partial charge in [-0.05, 0) is 54.5 Å². The maximum Gasteiger partial charge on any atom is 0.242 e. The molecule has 0 bridgehead atoms. The Balaban J connectivity index is 1.47. The summed E-state index contributed by atoms with van der Waals surface area (Å²) in [5, 5.41) is 5.74. The number of aromatic nitrogens is 2. The molecule has 2 atom stereocenters. The highest BCUT2D eigenvalue weighted by Gasteiger charge is 2.38. The van der Waals surface area contributed by atoms with E-state index in [0.717, 1.165) is 17.5 Å². The highest BCUT2D eigenvalue weighted by molar-refractivity contribution is 7.88. The van der Waals surface area contributed by atoms with Crippen molar-refractivity contribution in [1.29, 1.82) is 0 Å². The summed E-state index contributed by atoms with van der Waals surface area (Å²) >= 11 is 0. The molecular weight excluding hydrogens is 502 g/mol. The first-order chi connectivity index (χ1) is 18.4. The standard InChI is InChI=1S/C28H33N5O4S/c34-27(31-20-24-11-7-16-30-19-24)25(14-13-22-10-6-15-29-18-22)32-28(35)26-12-4-5-17-33(26)38(36,37)21-23-8-2-1-3-9-23/h1-3,6-11,15-16,18-19,25-26H,4-5,12-14,17,20-21H2,(H,31,34)(H,32,35). The number of piperidine rings is 1. The molecule has 0 saturated carbocycles. The maximum absolute atomic E-state index is 13.5. The fraction of sp³-hybridized carbons (Fsp3) is 0.357. The lowest BCUT2D eigenvalue weighted by Crippen LogP contribution is -2.56. The molecule has 10 heteroatoms. The van der Waals surface area contributed by atoms with Crippen LogP contribution in [-0.4, -0.2) is 53.1 Å². The van der Waals surface area contributed by atoms with Gasteiger partial charge in [-0.3, -0.25) is 19.6 Å². The van der Waals surface area contributed by atoms with Crippen LogP contribution in [-0.2, 0) is 38.3 Å². The lowest BCUT2D eigenvalue weighted by atomic mass is 10.0. The number of benzene rings is 1. The molecule has 2 N–H and O–H groups in total. The van der Waals surface area contributed by atoms with E-state index >= 15 is 0 Å². The zero-order valence-corrected chi connectivity index (χ0v) is 22.0. The molecule has 9 nitrogen and oxygen atoms in total. The summed E-state index contributed by atoms with van der Waals surface area (Å²) in [6.07, 6.45) is 9.44. The smallest absolute Gasteiger partial charge is 0.242 e. The van der Waals surface area contributed by atoms with E-state index < -0.39 is 28.0 Å². The van der Waals surface area contributed by atoms with Gasteiger partial charge in [0.2, 0.25) is 21.8 Å². The molecule has 1 fully saturated rings. The van der Waals surface area contributed by atoms with E-state index in [2.05, 4.69) is 20.6 Å². The highest BCUT2D eigenvalue weighted by atomic mass is 32.2. The predicted molar refractivity (Wildman–Crippen MR) is 144 cm³/mol. The second kappa shape index (κ2) is 13.3. The van der Waals surface area contributed by atoms with Crippen molar-refractivity contribution in [3.05, 3.63) is 96.1 Å². The number of carbonyl (C=O) groups is 2. The minimum Gasteiger partial charge on any atom is -0.350 e. The number of hydrogen-bond donors (Lipinski definition) is 2. The molecule has 0 aliphatic carbocycles. The van der Waals surface area contributed by atoms with Crippen LogP contribution in [0.1, 0.15) is 42.4 Å². The van der Waals surface area contributed by atoms with Crippen molar-refractivity contribution in [3.8, 4) is 0 Å². The summed E-state index contributed by atoms with van der Waals surface area (Å²) in [7, 11) is -3.73. The minimum absolute atomic E-state index is 0.173. The second-order valence-corrected chi connectivity index (χ2v) is 11.3. The van der Waals surface area contributed by atoms with Gasteiger partial charge in [0.05, 0.1) is 5.75 Å². The van der Waals surface area contributed by atoms with Crippen molar-refractivity contribution in [2.75, 3.05) is 6.54 Å². The molecular formula is C28H33N5O4S. The third-order valence-electron chi connectivity index (χ3n) is 6.57. The molecule has 2 aromatic heterocycles. The Morgan fingerprint density at radius 1 is 0.921 bits per heavy atom. The largest absolute Gasteiger partial charge is 0.350 e. The summed E-state index contributed by atoms with van der Waals surface area (Å²) in [4.78, 5) is 34.9. The van der Waals surface area contributed by atoms with Gasteiger partial charge >= 0.3 is 0 Å². The van der Waals surface area contributed by atoms with Gasteiger partial charge in [-0.2, -0.15) is 4.31 Å². The van der Waals surface area contributed by atoms with E-state index in [-0.39, 0.29) is 24.7 Å². The Hall–Kier alpha value is -3.63. The van der Waals surface area contributed by atoms with Crippen molar-refractivity contribution in [1.82, 2.24) is 24.9 Å². The molecule has 3 aromatic rings. The van der Waals surface area contributed by atoms with E-state index in [1.807, 2.05) is 24.3 Å². The van der Waals surface area contributed by atoms with Gasteiger partial charge in [-0.15, -0.1) is 0 Å². The molecule has 200 valence electrons. The number of nitrogens with zero attached hydrogens (tertiary/aromatic N) is 3. The van der Waals surface area contributed by atoms with Crippen molar-refractivity contribution >= 4 is 21.8 Å². The molecule has 38 heavy (non-hydrogen) atoms. The van der Waals surface area contributed by atoms with Crippen molar-refractivity contribution in [2.45, 2.75) is 56.5 Å². The number of aryl methyl sites for hydroxylation is 1. The number of amides is 2. The Kier molecular flexibility index (Phi) is 9.56. The van der Waals surface area contributed by atoms with Gasteiger partial charge in [-0.1, -0.05) is 48.9 Å². The fourth-order valence-electron chi connectivity index (χ4n) is 4.58. The van der Waals surface area contributed by atoms with Crippen LogP contribution < -0.4 is 10.6 Å². The number of carbonyl (C=O) groups excluding carboxylic acids is 2. The Morgan fingerprint density at radius 3 is 2.29 bits per heavy atom. The van der Waals surface area contributed by atoms with Crippen LogP contribution in [0.2, 0.25) is 0 Å². The average Bonchev–Trinajstić information content (AvgIpc) is 2.95. The zero-order valence-electron chi connectivity index (χ0n) is 21.2. The minimum atomic E-state index is -3.73. The van der Waals surface area contributed by atoms with Gasteiger partial charge in [-0.25, -0.2) is 8.42 Å². The molecule has 0 radical (unpaired) electrons. The summed E-state index contributed by atoms with van der Waals surface area (Å²) < 4.78 is 27.9. The van der Waals surface area contributed by atoms with Crippen molar-refractivity contribution in [2.24, 2.45) is 0 Å².